The van der Waals surface area contributed by atoms with Crippen LogP contribution in [0.3, 0.4) is 0 Å². The monoisotopic (exact) mass is 475 g/mol. The number of carbonyl (C=O) groups excluding carboxylic acids is 1. The fraction of sp³-hybridized carbons (Fsp3) is 0.0870. The standard InChI is InChI=1S/C23H16Cl2FNO5/c24-16-3-1-2-13(7-16)6-15-8-17(20(28)10-21(29)23(31)32)22(30)27(12-15)11-14-4-5-19(26)18(25)9-14/h1-5,7-10,12,28H,6,11H2,(H,31,32)/b20-10+. The predicted molar refractivity (Wildman–Crippen MR) is 119 cm³/mol. The Kier molecular flexibility index (Phi) is 7.12. The molecule has 3 aromatic rings. The molecule has 0 unspecified atom stereocenters. The number of aromatic nitrogens is 1. The zero-order chi connectivity index (χ0) is 23.4. The van der Waals surface area contributed by atoms with Crippen molar-refractivity contribution in [1.82, 2.24) is 4.57 Å². The molecule has 32 heavy (non-hydrogen) atoms. The molecular weight excluding hydrogens is 460 g/mol. The average molecular weight is 476 g/mol. The third kappa shape index (κ3) is 5.63. The summed E-state index contributed by atoms with van der Waals surface area (Å²) in [6, 6.07) is 12.4. The second-order valence-electron chi connectivity index (χ2n) is 6.95. The Balaban J connectivity index is 2.09. The molecule has 164 valence electrons. The van der Waals surface area contributed by atoms with E-state index in [2.05, 4.69) is 0 Å². The lowest BCUT2D eigenvalue weighted by Crippen LogP contribution is -2.25. The number of rotatable bonds is 7. The fourth-order valence-corrected chi connectivity index (χ4v) is 3.49. The summed E-state index contributed by atoms with van der Waals surface area (Å²) in [5.41, 5.74) is 0.996. The summed E-state index contributed by atoms with van der Waals surface area (Å²) in [6.07, 6.45) is 2.36. The third-order valence-electron chi connectivity index (χ3n) is 4.53. The molecular formula is C23H16Cl2FNO5. The van der Waals surface area contributed by atoms with Crippen molar-refractivity contribution >= 4 is 40.7 Å². The molecule has 0 saturated carbocycles. The first-order chi connectivity index (χ1) is 15.1. The van der Waals surface area contributed by atoms with Crippen LogP contribution in [-0.2, 0) is 22.6 Å². The number of pyridine rings is 1. The summed E-state index contributed by atoms with van der Waals surface area (Å²) in [4.78, 5) is 35.3. The number of carboxylic acids is 1. The lowest BCUT2D eigenvalue weighted by molar-refractivity contribution is -0.146. The SMILES string of the molecule is O=C(O)C(=O)/C=C(/O)c1cc(Cc2cccc(Cl)c2)cn(Cc2ccc(F)c(Cl)c2)c1=O. The molecule has 0 fully saturated rings. The molecule has 0 amide bonds. The van der Waals surface area contributed by atoms with Crippen molar-refractivity contribution in [3.63, 3.8) is 0 Å². The van der Waals surface area contributed by atoms with Gasteiger partial charge in [-0.2, -0.15) is 0 Å². The van der Waals surface area contributed by atoms with Crippen LogP contribution in [0.1, 0.15) is 22.3 Å². The molecule has 0 aliphatic rings. The summed E-state index contributed by atoms with van der Waals surface area (Å²) < 4.78 is 14.7. The molecule has 6 nitrogen and oxygen atoms in total. The van der Waals surface area contributed by atoms with Gasteiger partial charge < -0.3 is 14.8 Å². The van der Waals surface area contributed by atoms with E-state index in [1.165, 1.54) is 28.8 Å². The largest absolute Gasteiger partial charge is 0.507 e. The van der Waals surface area contributed by atoms with Crippen LogP contribution in [0.5, 0.6) is 0 Å². The highest BCUT2D eigenvalue weighted by Crippen LogP contribution is 2.19. The molecule has 0 radical (unpaired) electrons. The molecule has 1 heterocycles. The van der Waals surface area contributed by atoms with Crippen LogP contribution in [0.4, 0.5) is 4.39 Å². The minimum absolute atomic E-state index is 0.00459. The Morgan fingerprint density at radius 1 is 1.00 bits per heavy atom. The Morgan fingerprint density at radius 3 is 2.41 bits per heavy atom. The Hall–Kier alpha value is -3.42. The van der Waals surface area contributed by atoms with E-state index >= 15 is 0 Å². The van der Waals surface area contributed by atoms with Crippen molar-refractivity contribution in [3.05, 3.63) is 109 Å². The molecule has 1 aromatic heterocycles. The maximum Gasteiger partial charge on any atom is 0.376 e. The van der Waals surface area contributed by atoms with Crippen LogP contribution in [0.25, 0.3) is 5.76 Å². The molecule has 2 N–H and O–H groups in total. The lowest BCUT2D eigenvalue weighted by Gasteiger charge is -2.13. The van der Waals surface area contributed by atoms with Crippen molar-refractivity contribution in [2.75, 3.05) is 0 Å². The number of carbonyl (C=O) groups is 2. The molecule has 0 saturated heterocycles. The number of benzene rings is 2. The topological polar surface area (TPSA) is 96.6 Å². The van der Waals surface area contributed by atoms with E-state index in [-0.39, 0.29) is 17.1 Å². The first-order valence-electron chi connectivity index (χ1n) is 9.24. The smallest absolute Gasteiger partial charge is 0.376 e. The van der Waals surface area contributed by atoms with Crippen LogP contribution in [0.2, 0.25) is 10.0 Å². The maximum atomic E-state index is 13.5. The second-order valence-corrected chi connectivity index (χ2v) is 7.79. The van der Waals surface area contributed by atoms with Crippen molar-refractivity contribution in [1.29, 1.82) is 0 Å². The van der Waals surface area contributed by atoms with Gasteiger partial charge in [0, 0.05) is 17.3 Å². The molecule has 0 aliphatic heterocycles. The second kappa shape index (κ2) is 9.80. The van der Waals surface area contributed by atoms with E-state index in [1.807, 2.05) is 6.07 Å². The number of hydrogen-bond acceptors (Lipinski definition) is 4. The minimum Gasteiger partial charge on any atom is -0.507 e. The van der Waals surface area contributed by atoms with E-state index in [9.17, 15) is 23.9 Å². The van der Waals surface area contributed by atoms with Gasteiger partial charge in [0.15, 0.2) is 0 Å². The van der Waals surface area contributed by atoms with Crippen molar-refractivity contribution in [2.45, 2.75) is 13.0 Å². The first-order valence-corrected chi connectivity index (χ1v) is 9.99. The van der Waals surface area contributed by atoms with E-state index < -0.39 is 28.9 Å². The summed E-state index contributed by atoms with van der Waals surface area (Å²) in [6.45, 7) is -0.00459. The molecule has 0 atom stereocenters. The average Bonchev–Trinajstić information content (AvgIpc) is 2.72. The van der Waals surface area contributed by atoms with Crippen LogP contribution in [0.15, 0.2) is 65.6 Å². The van der Waals surface area contributed by atoms with Crippen molar-refractivity contribution < 1.29 is 24.2 Å². The van der Waals surface area contributed by atoms with Gasteiger partial charge in [-0.25, -0.2) is 9.18 Å². The Bertz CT molecular complexity index is 1300. The van der Waals surface area contributed by atoms with E-state index in [1.54, 1.807) is 24.4 Å². The summed E-state index contributed by atoms with van der Waals surface area (Å²) >= 11 is 11.9. The third-order valence-corrected chi connectivity index (χ3v) is 5.06. The van der Waals surface area contributed by atoms with Gasteiger partial charge in [0.05, 0.1) is 17.1 Å². The number of halogens is 3. The number of ketones is 1. The number of carboxylic acid groups (broad SMARTS) is 1. The van der Waals surface area contributed by atoms with Gasteiger partial charge in [-0.1, -0.05) is 41.4 Å². The van der Waals surface area contributed by atoms with Crippen LogP contribution >= 0.6 is 23.2 Å². The predicted octanol–water partition coefficient (Wildman–Crippen LogP) is 4.49. The highest BCUT2D eigenvalue weighted by atomic mass is 35.5. The molecule has 3 rings (SSSR count). The molecule has 9 heteroatoms. The number of nitrogens with zero attached hydrogens (tertiary/aromatic N) is 1. The normalized spacial score (nSPS) is 11.4. The van der Waals surface area contributed by atoms with Crippen molar-refractivity contribution in [2.24, 2.45) is 0 Å². The zero-order valence-electron chi connectivity index (χ0n) is 16.4. The first kappa shape index (κ1) is 23.2. The molecule has 0 aliphatic carbocycles. The quantitative estimate of drug-likeness (QED) is 0.298. The molecule has 2 aromatic carbocycles. The number of aliphatic carboxylic acids is 1. The highest BCUT2D eigenvalue weighted by Gasteiger charge is 2.16. The summed E-state index contributed by atoms with van der Waals surface area (Å²) in [5.74, 6) is -4.53. The zero-order valence-corrected chi connectivity index (χ0v) is 17.9. The minimum atomic E-state index is -1.77. The van der Waals surface area contributed by atoms with Gasteiger partial charge in [0.2, 0.25) is 0 Å². The van der Waals surface area contributed by atoms with E-state index in [0.29, 0.717) is 28.6 Å². The van der Waals surface area contributed by atoms with Gasteiger partial charge in [0.1, 0.15) is 11.6 Å². The van der Waals surface area contributed by atoms with Crippen LogP contribution in [-0.4, -0.2) is 26.5 Å². The maximum absolute atomic E-state index is 13.5. The molecule has 0 bridgehead atoms. The van der Waals surface area contributed by atoms with Crippen molar-refractivity contribution in [3.8, 4) is 0 Å². The number of aliphatic hydroxyl groups excluding tert-OH is 1. The van der Waals surface area contributed by atoms with E-state index in [4.69, 9.17) is 28.3 Å². The number of aliphatic hydroxyl groups is 1. The Labute approximate surface area is 191 Å². The van der Waals surface area contributed by atoms with Crippen LogP contribution in [0, 0.1) is 5.82 Å². The number of hydrogen-bond donors (Lipinski definition) is 2. The fourth-order valence-electron chi connectivity index (χ4n) is 3.08. The molecule has 0 spiro atoms. The van der Waals surface area contributed by atoms with Gasteiger partial charge in [-0.3, -0.25) is 9.59 Å². The van der Waals surface area contributed by atoms with Crippen LogP contribution < -0.4 is 5.56 Å². The summed E-state index contributed by atoms with van der Waals surface area (Å²) in [5, 5.41) is 19.5. The summed E-state index contributed by atoms with van der Waals surface area (Å²) in [7, 11) is 0. The van der Waals surface area contributed by atoms with Gasteiger partial charge in [-0.15, -0.1) is 0 Å². The lowest BCUT2D eigenvalue weighted by atomic mass is 10.0. The van der Waals surface area contributed by atoms with Gasteiger partial charge in [0.25, 0.3) is 11.3 Å². The highest BCUT2D eigenvalue weighted by molar-refractivity contribution is 6.38. The van der Waals surface area contributed by atoms with Gasteiger partial charge >= 0.3 is 5.97 Å². The Morgan fingerprint density at radius 2 is 1.75 bits per heavy atom. The van der Waals surface area contributed by atoms with Gasteiger partial charge in [-0.05, 0) is 53.4 Å². The van der Waals surface area contributed by atoms with E-state index in [0.717, 1.165) is 5.56 Å².